The second-order valence-corrected chi connectivity index (χ2v) is 3.29. The van der Waals surface area contributed by atoms with E-state index in [-0.39, 0.29) is 29.5 Å². The summed E-state index contributed by atoms with van der Waals surface area (Å²) in [6.07, 6.45) is 0.155. The Bertz CT molecular complexity index is 516. The summed E-state index contributed by atoms with van der Waals surface area (Å²) in [5.74, 6) is -0.187. The third kappa shape index (κ3) is 1.63. The van der Waals surface area contributed by atoms with Crippen molar-refractivity contribution in [3.8, 4) is 0 Å². The molecule has 0 fully saturated rings. The van der Waals surface area contributed by atoms with Crippen LogP contribution in [0.1, 0.15) is 19.0 Å². The van der Waals surface area contributed by atoms with Crippen molar-refractivity contribution in [3.63, 3.8) is 0 Å². The second-order valence-electron chi connectivity index (χ2n) is 3.29. The van der Waals surface area contributed by atoms with Crippen LogP contribution in [0.5, 0.6) is 0 Å². The third-order valence-electron chi connectivity index (χ3n) is 1.94. The first-order valence-electron chi connectivity index (χ1n) is 4.38. The van der Waals surface area contributed by atoms with Crippen LogP contribution in [-0.4, -0.2) is 26.5 Å². The van der Waals surface area contributed by atoms with Crippen molar-refractivity contribution < 1.29 is 4.79 Å². The predicted octanol–water partition coefficient (Wildman–Crippen LogP) is -0.487. The standard InChI is InChI=1S/C8H9N5O2/c1-4-3-6(14)9-8-11-10-5(2)7(15)13(8)12-4/h3H2,1-2H3,(H,9,11,14). The van der Waals surface area contributed by atoms with Crippen molar-refractivity contribution in [2.45, 2.75) is 20.3 Å². The normalized spacial score (nSPS) is 15.1. The summed E-state index contributed by atoms with van der Waals surface area (Å²) in [5, 5.41) is 13.8. The van der Waals surface area contributed by atoms with Crippen molar-refractivity contribution in [3.05, 3.63) is 16.0 Å². The van der Waals surface area contributed by atoms with Crippen LogP contribution in [0.25, 0.3) is 0 Å². The Kier molecular flexibility index (Phi) is 2.07. The first-order valence-corrected chi connectivity index (χ1v) is 4.38. The Balaban J connectivity index is 2.69. The lowest BCUT2D eigenvalue weighted by Crippen LogP contribution is -2.25. The van der Waals surface area contributed by atoms with E-state index >= 15 is 0 Å². The summed E-state index contributed by atoms with van der Waals surface area (Å²) in [4.78, 5) is 22.9. The number of rotatable bonds is 0. The van der Waals surface area contributed by atoms with Gasteiger partial charge in [0.2, 0.25) is 5.91 Å². The molecule has 78 valence electrons. The maximum absolute atomic E-state index is 11.6. The highest BCUT2D eigenvalue weighted by atomic mass is 16.2. The zero-order chi connectivity index (χ0) is 11.0. The molecule has 15 heavy (non-hydrogen) atoms. The quantitative estimate of drug-likeness (QED) is 0.621. The molecule has 1 aromatic rings. The van der Waals surface area contributed by atoms with E-state index in [9.17, 15) is 9.59 Å². The van der Waals surface area contributed by atoms with Gasteiger partial charge in [0.25, 0.3) is 11.5 Å². The summed E-state index contributed by atoms with van der Waals surface area (Å²) in [5.41, 5.74) is 0.425. The molecule has 0 radical (unpaired) electrons. The number of carbonyl (C=O) groups excluding carboxylic acids is 1. The zero-order valence-corrected chi connectivity index (χ0v) is 8.31. The molecule has 0 saturated carbocycles. The SMILES string of the molecule is CC1=Nn2c(nnc(C)c2=O)NC(=O)C1. The lowest BCUT2D eigenvalue weighted by Gasteiger charge is -2.03. The van der Waals surface area contributed by atoms with Gasteiger partial charge in [-0.05, 0) is 13.8 Å². The van der Waals surface area contributed by atoms with Gasteiger partial charge < -0.3 is 0 Å². The predicted molar refractivity (Wildman–Crippen MR) is 52.8 cm³/mol. The summed E-state index contributed by atoms with van der Waals surface area (Å²) in [6, 6.07) is 0. The number of carbonyl (C=O) groups is 1. The van der Waals surface area contributed by atoms with Crippen molar-refractivity contribution in [1.82, 2.24) is 14.9 Å². The first kappa shape index (κ1) is 9.50. The van der Waals surface area contributed by atoms with E-state index in [1.807, 2.05) is 0 Å². The highest BCUT2D eigenvalue weighted by Crippen LogP contribution is 2.05. The monoisotopic (exact) mass is 207 g/mol. The largest absolute Gasteiger partial charge is 0.297 e. The van der Waals surface area contributed by atoms with E-state index in [4.69, 9.17) is 0 Å². The highest BCUT2D eigenvalue weighted by Gasteiger charge is 2.16. The van der Waals surface area contributed by atoms with Gasteiger partial charge in [0.1, 0.15) is 5.69 Å². The average Bonchev–Trinajstić information content (AvgIpc) is 2.30. The molecular weight excluding hydrogens is 198 g/mol. The molecular formula is C8H9N5O2. The highest BCUT2D eigenvalue weighted by molar-refractivity contribution is 6.05. The molecule has 2 rings (SSSR count). The van der Waals surface area contributed by atoms with Crippen molar-refractivity contribution in [2.75, 3.05) is 5.32 Å². The van der Waals surface area contributed by atoms with E-state index in [2.05, 4.69) is 20.6 Å². The molecule has 7 heteroatoms. The van der Waals surface area contributed by atoms with E-state index < -0.39 is 0 Å². The molecule has 2 heterocycles. The lowest BCUT2D eigenvalue weighted by molar-refractivity contribution is -0.115. The fourth-order valence-electron chi connectivity index (χ4n) is 1.23. The Morgan fingerprint density at radius 2 is 2.00 bits per heavy atom. The van der Waals surface area contributed by atoms with Crippen LogP contribution in [0.4, 0.5) is 5.95 Å². The summed E-state index contributed by atoms with van der Waals surface area (Å²) in [6.45, 7) is 3.22. The maximum Gasteiger partial charge on any atom is 0.297 e. The van der Waals surface area contributed by atoms with Gasteiger partial charge in [-0.15, -0.1) is 10.2 Å². The van der Waals surface area contributed by atoms with Crippen molar-refractivity contribution in [2.24, 2.45) is 5.10 Å². The van der Waals surface area contributed by atoms with Gasteiger partial charge in [-0.2, -0.15) is 9.78 Å². The number of amides is 1. The van der Waals surface area contributed by atoms with Crippen LogP contribution in [0.3, 0.4) is 0 Å². The molecule has 1 aromatic heterocycles. The van der Waals surface area contributed by atoms with Crippen LogP contribution in [0.15, 0.2) is 9.90 Å². The number of hydrogen-bond donors (Lipinski definition) is 1. The van der Waals surface area contributed by atoms with E-state index in [0.29, 0.717) is 5.71 Å². The number of hydrogen-bond acceptors (Lipinski definition) is 5. The molecule has 0 spiro atoms. The van der Waals surface area contributed by atoms with Gasteiger partial charge in [-0.25, -0.2) is 0 Å². The number of nitrogens with zero attached hydrogens (tertiary/aromatic N) is 4. The Labute approximate surface area is 84.8 Å². The topological polar surface area (TPSA) is 89.2 Å². The Hall–Kier alpha value is -2.05. The molecule has 0 saturated heterocycles. The molecule has 0 aromatic carbocycles. The first-order chi connectivity index (χ1) is 7.08. The minimum Gasteiger partial charge on any atom is -0.293 e. The van der Waals surface area contributed by atoms with Gasteiger partial charge in [0.15, 0.2) is 0 Å². The fourth-order valence-corrected chi connectivity index (χ4v) is 1.23. The van der Waals surface area contributed by atoms with Gasteiger partial charge in [0, 0.05) is 5.71 Å². The number of nitrogens with one attached hydrogen (secondary N) is 1. The minimum atomic E-state index is -0.374. The molecule has 0 atom stereocenters. The van der Waals surface area contributed by atoms with Crippen LogP contribution in [0.2, 0.25) is 0 Å². The third-order valence-corrected chi connectivity index (χ3v) is 1.94. The molecule has 1 aliphatic heterocycles. The molecule has 0 aliphatic carbocycles. The molecule has 1 aliphatic rings. The number of aryl methyl sites for hydroxylation is 1. The van der Waals surface area contributed by atoms with Crippen LogP contribution in [-0.2, 0) is 4.79 Å². The van der Waals surface area contributed by atoms with Crippen molar-refractivity contribution >= 4 is 17.6 Å². The average molecular weight is 207 g/mol. The molecule has 0 bridgehead atoms. The van der Waals surface area contributed by atoms with Gasteiger partial charge in [-0.1, -0.05) is 0 Å². The smallest absolute Gasteiger partial charge is 0.293 e. The van der Waals surface area contributed by atoms with E-state index in [1.54, 1.807) is 13.8 Å². The lowest BCUT2D eigenvalue weighted by atomic mass is 10.3. The van der Waals surface area contributed by atoms with Crippen LogP contribution < -0.4 is 10.9 Å². The molecule has 1 N–H and O–H groups in total. The molecule has 7 nitrogen and oxygen atoms in total. The van der Waals surface area contributed by atoms with E-state index in [1.165, 1.54) is 0 Å². The van der Waals surface area contributed by atoms with Crippen LogP contribution in [0, 0.1) is 6.92 Å². The summed E-state index contributed by atoms with van der Waals surface area (Å²) in [7, 11) is 0. The molecule has 0 unspecified atom stereocenters. The number of aromatic nitrogens is 3. The Morgan fingerprint density at radius 1 is 1.27 bits per heavy atom. The van der Waals surface area contributed by atoms with Crippen molar-refractivity contribution in [1.29, 1.82) is 0 Å². The number of anilines is 1. The van der Waals surface area contributed by atoms with E-state index in [0.717, 1.165) is 4.68 Å². The Morgan fingerprint density at radius 3 is 2.73 bits per heavy atom. The summed E-state index contributed by atoms with van der Waals surface area (Å²) >= 11 is 0. The zero-order valence-electron chi connectivity index (χ0n) is 8.31. The number of fused-ring (bicyclic) bond motifs is 1. The van der Waals surface area contributed by atoms with Gasteiger partial charge >= 0.3 is 0 Å². The van der Waals surface area contributed by atoms with Gasteiger partial charge in [0.05, 0.1) is 6.42 Å². The molecule has 1 amide bonds. The van der Waals surface area contributed by atoms with Crippen LogP contribution >= 0.6 is 0 Å². The summed E-state index contributed by atoms with van der Waals surface area (Å²) < 4.78 is 1.06. The fraction of sp³-hybridized carbons (Fsp3) is 0.375. The van der Waals surface area contributed by atoms with Gasteiger partial charge in [-0.3, -0.25) is 14.9 Å². The minimum absolute atomic E-state index is 0.0625. The maximum atomic E-state index is 11.6. The second kappa shape index (κ2) is 3.26.